The fourth-order valence-electron chi connectivity index (χ4n) is 3.38. The summed E-state index contributed by atoms with van der Waals surface area (Å²) in [5.74, 6) is -0.737. The highest BCUT2D eigenvalue weighted by atomic mass is 32.1. The molecule has 0 aliphatic heterocycles. The maximum absolute atomic E-state index is 13.2. The predicted molar refractivity (Wildman–Crippen MR) is 110 cm³/mol. The average Bonchev–Trinajstić information content (AvgIpc) is 3.36. The van der Waals surface area contributed by atoms with Gasteiger partial charge in [-0.1, -0.05) is 35.5 Å². The fourth-order valence-corrected chi connectivity index (χ4v) is 4.54. The minimum absolute atomic E-state index is 0.0610. The van der Waals surface area contributed by atoms with Crippen LogP contribution in [0.15, 0.2) is 39.9 Å². The number of hydrogen-bond acceptors (Lipinski definition) is 7. The summed E-state index contributed by atoms with van der Waals surface area (Å²) in [6, 6.07) is 9.65. The monoisotopic (exact) mass is 426 g/mol. The van der Waals surface area contributed by atoms with Crippen LogP contribution >= 0.6 is 11.3 Å². The highest BCUT2D eigenvalue weighted by Crippen LogP contribution is 2.28. The van der Waals surface area contributed by atoms with Crippen LogP contribution in [0.1, 0.15) is 26.6 Å². The maximum atomic E-state index is 13.2. The summed E-state index contributed by atoms with van der Waals surface area (Å²) in [7, 11) is 0. The molecule has 11 heteroatoms. The Balaban J connectivity index is 1.84. The molecule has 0 radical (unpaired) electrons. The number of carboxylic acid groups (broad SMARTS) is 1. The number of H-pyrrole nitrogens is 1. The molecule has 0 unspecified atom stereocenters. The Bertz CT molecular complexity index is 1320. The molecule has 0 saturated heterocycles. The number of benzene rings is 1. The van der Waals surface area contributed by atoms with Crippen LogP contribution in [0.5, 0.6) is 0 Å². The van der Waals surface area contributed by atoms with Crippen LogP contribution < -0.4 is 11.2 Å². The number of carboxylic acids is 1. The van der Waals surface area contributed by atoms with E-state index >= 15 is 0 Å². The number of aryl methyl sites for hydroxylation is 4. The van der Waals surface area contributed by atoms with Crippen LogP contribution in [0.3, 0.4) is 0 Å². The van der Waals surface area contributed by atoms with Crippen LogP contribution in [0.25, 0.3) is 10.2 Å². The van der Waals surface area contributed by atoms with Crippen molar-refractivity contribution in [3.05, 3.63) is 73.0 Å². The summed E-state index contributed by atoms with van der Waals surface area (Å²) < 4.78 is 2.61. The van der Waals surface area contributed by atoms with Crippen molar-refractivity contribution in [3.63, 3.8) is 0 Å². The van der Waals surface area contributed by atoms with E-state index in [1.165, 1.54) is 4.57 Å². The Labute approximate surface area is 173 Å². The molecule has 154 valence electrons. The van der Waals surface area contributed by atoms with Gasteiger partial charge in [0.25, 0.3) is 5.56 Å². The zero-order valence-corrected chi connectivity index (χ0v) is 16.8. The lowest BCUT2D eigenvalue weighted by atomic mass is 10.1. The third kappa shape index (κ3) is 3.54. The van der Waals surface area contributed by atoms with E-state index in [9.17, 15) is 19.5 Å². The number of aromatic amines is 1. The molecule has 4 rings (SSSR count). The van der Waals surface area contributed by atoms with Gasteiger partial charge < -0.3 is 5.11 Å². The number of nitrogens with one attached hydrogen (secondary N) is 1. The quantitative estimate of drug-likeness (QED) is 0.454. The summed E-state index contributed by atoms with van der Waals surface area (Å²) in [6.45, 7) is 1.98. The molecule has 30 heavy (non-hydrogen) atoms. The summed E-state index contributed by atoms with van der Waals surface area (Å²) in [5.41, 5.74) is 0.420. The number of hydrogen-bond donors (Lipinski definition) is 2. The van der Waals surface area contributed by atoms with Crippen LogP contribution in [-0.4, -0.2) is 40.8 Å². The first kappa shape index (κ1) is 19.7. The van der Waals surface area contributed by atoms with Gasteiger partial charge in [-0.05, 0) is 24.5 Å². The molecule has 0 aliphatic carbocycles. The maximum Gasteiger partial charge on any atom is 0.346 e. The van der Waals surface area contributed by atoms with Crippen molar-refractivity contribution in [3.8, 4) is 0 Å². The molecule has 3 aromatic heterocycles. The van der Waals surface area contributed by atoms with Gasteiger partial charge in [0.05, 0.1) is 5.39 Å². The zero-order valence-electron chi connectivity index (χ0n) is 16.0. The summed E-state index contributed by atoms with van der Waals surface area (Å²) in [6.07, 6.45) is 0.809. The number of tetrazole rings is 1. The molecule has 10 nitrogen and oxygen atoms in total. The van der Waals surface area contributed by atoms with Gasteiger partial charge in [0, 0.05) is 19.5 Å². The minimum atomic E-state index is -1.12. The number of aromatic nitrogens is 6. The Morgan fingerprint density at radius 3 is 2.53 bits per heavy atom. The van der Waals surface area contributed by atoms with Crippen LogP contribution in [0, 0.1) is 6.92 Å². The SMILES string of the molecule is Cc1c(C(=O)O)sc2c1c(=O)n(CCc1nn[nH]n1)c(=O)n2CCc1ccccc1. The summed E-state index contributed by atoms with van der Waals surface area (Å²) >= 11 is 0.957. The summed E-state index contributed by atoms with van der Waals surface area (Å²) in [5, 5.41) is 23.3. The topological polar surface area (TPSA) is 136 Å². The van der Waals surface area contributed by atoms with E-state index in [1.807, 2.05) is 30.3 Å². The first-order chi connectivity index (χ1) is 14.5. The third-order valence-corrected chi connectivity index (χ3v) is 6.21. The van der Waals surface area contributed by atoms with Crippen molar-refractivity contribution >= 4 is 27.5 Å². The molecule has 0 amide bonds. The van der Waals surface area contributed by atoms with Crippen LogP contribution in [-0.2, 0) is 25.9 Å². The van der Waals surface area contributed by atoms with E-state index in [2.05, 4.69) is 20.6 Å². The number of aromatic carboxylic acids is 1. The van der Waals surface area contributed by atoms with Gasteiger partial charge in [-0.15, -0.1) is 21.5 Å². The molecular formula is C19H18N6O4S. The first-order valence-electron chi connectivity index (χ1n) is 9.23. The molecule has 2 N–H and O–H groups in total. The molecule has 1 aromatic carbocycles. The van der Waals surface area contributed by atoms with Crippen molar-refractivity contribution in [2.24, 2.45) is 0 Å². The molecule has 4 aromatic rings. The van der Waals surface area contributed by atoms with Gasteiger partial charge in [-0.25, -0.2) is 9.59 Å². The zero-order chi connectivity index (χ0) is 21.3. The van der Waals surface area contributed by atoms with Gasteiger partial charge in [-0.2, -0.15) is 5.21 Å². The molecule has 0 spiro atoms. The minimum Gasteiger partial charge on any atom is -0.477 e. The number of fused-ring (bicyclic) bond motifs is 1. The van der Waals surface area contributed by atoms with Gasteiger partial charge >= 0.3 is 11.7 Å². The lowest BCUT2D eigenvalue weighted by Crippen LogP contribution is -2.40. The lowest BCUT2D eigenvalue weighted by Gasteiger charge is -2.12. The second-order valence-corrected chi connectivity index (χ2v) is 7.75. The molecule has 0 fully saturated rings. The third-order valence-electron chi connectivity index (χ3n) is 4.90. The van der Waals surface area contributed by atoms with Crippen molar-refractivity contribution in [1.82, 2.24) is 29.8 Å². The molecule has 3 heterocycles. The van der Waals surface area contributed by atoms with E-state index in [-0.39, 0.29) is 23.2 Å². The number of carbonyl (C=O) groups is 1. The van der Waals surface area contributed by atoms with Gasteiger partial charge in [0.1, 0.15) is 9.71 Å². The predicted octanol–water partition coefficient (Wildman–Crippen LogP) is 1.23. The number of nitrogens with zero attached hydrogens (tertiary/aromatic N) is 5. The van der Waals surface area contributed by atoms with E-state index in [4.69, 9.17) is 0 Å². The second kappa shape index (κ2) is 8.03. The fraction of sp³-hybridized carbons (Fsp3) is 0.263. The average molecular weight is 426 g/mol. The van der Waals surface area contributed by atoms with Gasteiger partial charge in [-0.3, -0.25) is 13.9 Å². The lowest BCUT2D eigenvalue weighted by molar-refractivity contribution is 0.0701. The molecule has 0 aliphatic rings. The standard InChI is InChI=1S/C19H18N6O4S/c1-11-14-16(26)24(10-8-13-20-22-23-21-13)19(29)25(17(14)30-15(11)18(27)28)9-7-12-5-3-2-4-6-12/h2-6H,7-10H2,1H3,(H,27,28)(H,20,21,22,23). The van der Waals surface area contributed by atoms with E-state index in [0.29, 0.717) is 29.2 Å². The highest BCUT2D eigenvalue weighted by Gasteiger charge is 2.23. The Morgan fingerprint density at radius 1 is 1.13 bits per heavy atom. The van der Waals surface area contributed by atoms with Gasteiger partial charge in [0.15, 0.2) is 5.82 Å². The van der Waals surface area contributed by atoms with E-state index in [0.717, 1.165) is 21.5 Å². The molecular weight excluding hydrogens is 408 g/mol. The Kier molecular flexibility index (Phi) is 5.27. The van der Waals surface area contributed by atoms with Crippen molar-refractivity contribution < 1.29 is 9.90 Å². The van der Waals surface area contributed by atoms with Crippen LogP contribution in [0.2, 0.25) is 0 Å². The van der Waals surface area contributed by atoms with Crippen LogP contribution in [0.4, 0.5) is 0 Å². The molecule has 0 bridgehead atoms. The van der Waals surface area contributed by atoms with Gasteiger partial charge in [0.2, 0.25) is 0 Å². The smallest absolute Gasteiger partial charge is 0.346 e. The Hall–Kier alpha value is -3.60. The van der Waals surface area contributed by atoms with E-state index in [1.54, 1.807) is 6.92 Å². The highest BCUT2D eigenvalue weighted by molar-refractivity contribution is 7.20. The van der Waals surface area contributed by atoms with Crippen molar-refractivity contribution in [1.29, 1.82) is 0 Å². The number of rotatable bonds is 7. The summed E-state index contributed by atoms with van der Waals surface area (Å²) in [4.78, 5) is 38.4. The van der Waals surface area contributed by atoms with E-state index < -0.39 is 17.2 Å². The second-order valence-electron chi connectivity index (χ2n) is 6.75. The van der Waals surface area contributed by atoms with Crippen molar-refractivity contribution in [2.45, 2.75) is 32.9 Å². The number of thiophene rings is 1. The molecule has 0 atom stereocenters. The first-order valence-corrected chi connectivity index (χ1v) is 10.0. The Morgan fingerprint density at radius 2 is 1.87 bits per heavy atom. The normalized spacial score (nSPS) is 11.2. The molecule has 0 saturated carbocycles. The largest absolute Gasteiger partial charge is 0.477 e. The van der Waals surface area contributed by atoms with Crippen molar-refractivity contribution in [2.75, 3.05) is 0 Å².